The van der Waals surface area contributed by atoms with Gasteiger partial charge in [0.1, 0.15) is 15.1 Å². The van der Waals surface area contributed by atoms with Crippen molar-refractivity contribution in [2.45, 2.75) is 20.0 Å². The van der Waals surface area contributed by atoms with E-state index in [1.54, 1.807) is 0 Å². The van der Waals surface area contributed by atoms with Gasteiger partial charge in [0, 0.05) is 45.5 Å². The molecule has 0 unspecified atom stereocenters. The third kappa shape index (κ3) is 2.66. The predicted octanol–water partition coefficient (Wildman–Crippen LogP) is 5.65. The van der Waals surface area contributed by atoms with Gasteiger partial charge in [-0.3, -0.25) is 0 Å². The highest BCUT2D eigenvalue weighted by Crippen LogP contribution is 2.40. The minimum absolute atomic E-state index is 1.31. The van der Waals surface area contributed by atoms with Gasteiger partial charge in [0.25, 0.3) is 0 Å². The summed E-state index contributed by atoms with van der Waals surface area (Å²) in [5.74, 6) is 0. The summed E-state index contributed by atoms with van der Waals surface area (Å²) in [4.78, 5) is 0. The van der Waals surface area contributed by atoms with Crippen LogP contribution in [0.1, 0.15) is 5.56 Å². The first-order valence-corrected chi connectivity index (χ1v) is 15.0. The van der Waals surface area contributed by atoms with Crippen molar-refractivity contribution in [3.63, 3.8) is 0 Å². The Kier molecular flexibility index (Phi) is 4.17. The van der Waals surface area contributed by atoms with Gasteiger partial charge in [-0.1, -0.05) is 59.9 Å². The van der Waals surface area contributed by atoms with Crippen LogP contribution >= 0.6 is 11.3 Å². The van der Waals surface area contributed by atoms with Crippen molar-refractivity contribution < 1.29 is 4.57 Å². The van der Waals surface area contributed by atoms with E-state index in [1.165, 1.54) is 57.9 Å². The Morgan fingerprint density at radius 3 is 2.41 bits per heavy atom. The Morgan fingerprint density at radius 2 is 1.62 bits per heavy atom. The SMILES string of the molecule is Cc1c2cc[n+](C)c2cc2sc3cc([Si](C)(C)c4ccccc4)cc4ccn(C)c(c12)c43. The number of nitrogens with zero attached hydrogens (tertiary/aromatic N) is 2. The third-order valence-corrected chi connectivity index (χ3v) is 11.9. The summed E-state index contributed by atoms with van der Waals surface area (Å²) in [5.41, 5.74) is 4.03. The lowest BCUT2D eigenvalue weighted by atomic mass is 10.0. The second kappa shape index (κ2) is 6.77. The highest BCUT2D eigenvalue weighted by atomic mass is 32.1. The molecule has 0 aliphatic rings. The number of benzene rings is 3. The molecule has 2 nitrogen and oxygen atoms in total. The normalized spacial score (nSPS) is 12.5. The molecule has 0 saturated carbocycles. The Morgan fingerprint density at radius 1 is 0.875 bits per heavy atom. The van der Waals surface area contributed by atoms with Gasteiger partial charge in [-0.2, -0.15) is 0 Å². The molecule has 158 valence electrons. The summed E-state index contributed by atoms with van der Waals surface area (Å²) in [7, 11) is 2.53. The van der Waals surface area contributed by atoms with Crippen LogP contribution in [0.2, 0.25) is 13.1 Å². The van der Waals surface area contributed by atoms with Gasteiger partial charge in [-0.05, 0) is 30.0 Å². The quantitative estimate of drug-likeness (QED) is 0.139. The largest absolute Gasteiger partial charge is 0.350 e. The van der Waals surface area contributed by atoms with Gasteiger partial charge in [0.05, 0.1) is 10.9 Å². The number of fused-ring (bicyclic) bond motifs is 3. The van der Waals surface area contributed by atoms with Crippen LogP contribution in [0, 0.1) is 6.92 Å². The summed E-state index contributed by atoms with van der Waals surface area (Å²) >= 11 is 1.95. The summed E-state index contributed by atoms with van der Waals surface area (Å²) in [5, 5.41) is 8.47. The highest BCUT2D eigenvalue weighted by molar-refractivity contribution is 7.25. The van der Waals surface area contributed by atoms with Crippen LogP contribution in [-0.2, 0) is 14.1 Å². The zero-order valence-corrected chi connectivity index (χ0v) is 21.0. The molecule has 3 aromatic carbocycles. The Balaban J connectivity index is 1.76. The lowest BCUT2D eigenvalue weighted by Gasteiger charge is -2.25. The molecule has 0 aliphatic carbocycles. The fourth-order valence-electron chi connectivity index (χ4n) is 5.28. The van der Waals surface area contributed by atoms with Crippen LogP contribution in [0.5, 0.6) is 0 Å². The van der Waals surface area contributed by atoms with Gasteiger partial charge >= 0.3 is 0 Å². The molecule has 0 aliphatic heterocycles. The Bertz CT molecular complexity index is 1670. The van der Waals surface area contributed by atoms with Crippen molar-refractivity contribution in [2.24, 2.45) is 14.1 Å². The van der Waals surface area contributed by atoms with Crippen LogP contribution in [0.3, 0.4) is 0 Å². The Labute approximate surface area is 193 Å². The average molecular weight is 452 g/mol. The summed E-state index contributed by atoms with van der Waals surface area (Å²) in [6.45, 7) is 7.23. The molecular weight excluding hydrogens is 424 g/mol. The smallest absolute Gasteiger partial charge is 0.214 e. The van der Waals surface area contributed by atoms with E-state index in [2.05, 4.69) is 116 Å². The fraction of sp³-hybridized carbons (Fsp3) is 0.179. The third-order valence-electron chi connectivity index (χ3n) is 7.29. The van der Waals surface area contributed by atoms with Crippen LogP contribution in [0.25, 0.3) is 42.0 Å². The number of hydrogen-bond acceptors (Lipinski definition) is 1. The van der Waals surface area contributed by atoms with Crippen LogP contribution in [-0.4, -0.2) is 12.6 Å². The minimum atomic E-state index is -1.80. The maximum Gasteiger partial charge on any atom is 0.214 e. The number of aromatic nitrogens is 2. The molecule has 0 amide bonds. The number of pyridine rings is 1. The minimum Gasteiger partial charge on any atom is -0.350 e. The van der Waals surface area contributed by atoms with E-state index in [1.807, 2.05) is 11.3 Å². The van der Waals surface area contributed by atoms with E-state index in [0.717, 1.165) is 0 Å². The standard InChI is InChI=1S/C28H27N2SSi/c1-18-22-12-14-29(2)23(22)17-25-26(18)28-27-19(11-13-30(28)3)15-21(16-24(27)31-25)32(4,5)20-9-7-6-8-10-20/h6-17H,1-5H3/q+1. The summed E-state index contributed by atoms with van der Waals surface area (Å²) < 4.78 is 7.30. The molecule has 6 aromatic rings. The summed E-state index contributed by atoms with van der Waals surface area (Å²) in [6, 6.07) is 22.9. The molecule has 32 heavy (non-hydrogen) atoms. The molecule has 0 spiro atoms. The van der Waals surface area contributed by atoms with Gasteiger partial charge in [-0.25, -0.2) is 4.57 Å². The number of aryl methyl sites for hydroxylation is 3. The molecule has 0 bridgehead atoms. The Hall–Kier alpha value is -2.95. The first-order valence-electron chi connectivity index (χ1n) is 11.2. The van der Waals surface area contributed by atoms with Gasteiger partial charge < -0.3 is 4.57 Å². The second-order valence-electron chi connectivity index (χ2n) is 9.54. The van der Waals surface area contributed by atoms with Gasteiger partial charge in [0.2, 0.25) is 5.52 Å². The molecular formula is C28H27N2SSi+. The highest BCUT2D eigenvalue weighted by Gasteiger charge is 2.27. The molecule has 4 heteroatoms. The van der Waals surface area contributed by atoms with Crippen molar-refractivity contribution in [3.05, 3.63) is 78.6 Å². The zero-order chi connectivity index (χ0) is 22.2. The van der Waals surface area contributed by atoms with Crippen molar-refractivity contribution in [1.82, 2.24) is 4.57 Å². The van der Waals surface area contributed by atoms with Gasteiger partial charge in [0.15, 0.2) is 6.20 Å². The molecule has 0 N–H and O–H groups in total. The molecule has 0 atom stereocenters. The van der Waals surface area contributed by atoms with Crippen molar-refractivity contribution >= 4 is 71.8 Å². The molecule has 3 aromatic heterocycles. The van der Waals surface area contributed by atoms with E-state index in [0.29, 0.717) is 0 Å². The predicted molar refractivity (Wildman–Crippen MR) is 142 cm³/mol. The summed E-state index contributed by atoms with van der Waals surface area (Å²) in [6.07, 6.45) is 4.41. The maximum atomic E-state index is 2.49. The van der Waals surface area contributed by atoms with Crippen LogP contribution in [0.15, 0.2) is 73.1 Å². The van der Waals surface area contributed by atoms with Crippen molar-refractivity contribution in [1.29, 1.82) is 0 Å². The van der Waals surface area contributed by atoms with Crippen LogP contribution in [0.4, 0.5) is 0 Å². The zero-order valence-electron chi connectivity index (χ0n) is 19.2. The van der Waals surface area contributed by atoms with E-state index >= 15 is 0 Å². The molecule has 0 radical (unpaired) electrons. The molecule has 3 heterocycles. The lowest BCUT2D eigenvalue weighted by Crippen LogP contribution is -2.52. The van der Waals surface area contributed by atoms with Gasteiger partial charge in [-0.15, -0.1) is 11.3 Å². The lowest BCUT2D eigenvalue weighted by molar-refractivity contribution is -0.642. The monoisotopic (exact) mass is 451 g/mol. The van der Waals surface area contributed by atoms with Crippen LogP contribution < -0.4 is 14.9 Å². The maximum absolute atomic E-state index is 2.49. The topological polar surface area (TPSA) is 8.81 Å². The fourth-order valence-corrected chi connectivity index (χ4v) is 9.02. The average Bonchev–Trinajstić information content (AvgIpc) is 3.16. The van der Waals surface area contributed by atoms with E-state index < -0.39 is 8.07 Å². The van der Waals surface area contributed by atoms with Crippen molar-refractivity contribution in [3.8, 4) is 0 Å². The van der Waals surface area contributed by atoms with E-state index in [-0.39, 0.29) is 0 Å². The molecule has 0 fully saturated rings. The first-order chi connectivity index (χ1) is 15.4. The molecule has 6 rings (SSSR count). The first kappa shape index (κ1) is 19.7. The number of rotatable bonds is 2. The number of hydrogen-bond donors (Lipinski definition) is 0. The van der Waals surface area contributed by atoms with Crippen molar-refractivity contribution in [2.75, 3.05) is 0 Å². The second-order valence-corrected chi connectivity index (χ2v) is 15.0. The van der Waals surface area contributed by atoms with E-state index in [4.69, 9.17) is 0 Å². The molecule has 0 saturated heterocycles. The van der Waals surface area contributed by atoms with E-state index in [9.17, 15) is 0 Å².